The summed E-state index contributed by atoms with van der Waals surface area (Å²) in [5.41, 5.74) is 0.882. The lowest BCUT2D eigenvalue weighted by molar-refractivity contribution is -0.139. The summed E-state index contributed by atoms with van der Waals surface area (Å²) in [7, 11) is 5.29. The number of phenols is 1. The molecule has 1 aromatic heterocycles. The van der Waals surface area contributed by atoms with Crippen molar-refractivity contribution >= 4 is 17.4 Å². The normalized spacial score (nSPS) is 18.3. The van der Waals surface area contributed by atoms with Crippen LogP contribution in [0.5, 0.6) is 11.5 Å². The topological polar surface area (TPSA) is 103 Å². The van der Waals surface area contributed by atoms with Gasteiger partial charge in [-0.05, 0) is 56.9 Å². The van der Waals surface area contributed by atoms with Gasteiger partial charge in [0.05, 0.1) is 18.7 Å². The molecule has 1 aromatic carbocycles. The number of methoxy groups -OCH3 is 1. The van der Waals surface area contributed by atoms with Crippen molar-refractivity contribution in [1.29, 1.82) is 0 Å². The minimum Gasteiger partial charge on any atom is -0.507 e. The third kappa shape index (κ3) is 4.13. The quantitative estimate of drug-likeness (QED) is 0.409. The van der Waals surface area contributed by atoms with Crippen LogP contribution in [0.1, 0.15) is 23.6 Å². The largest absolute Gasteiger partial charge is 0.507 e. The number of ketones is 1. The molecule has 2 aromatic rings. The molecule has 8 nitrogen and oxygen atoms in total. The predicted octanol–water partition coefficient (Wildman–Crippen LogP) is 2.17. The zero-order valence-electron chi connectivity index (χ0n) is 17.2. The van der Waals surface area contributed by atoms with Gasteiger partial charge in [-0.1, -0.05) is 6.07 Å². The number of pyridine rings is 1. The van der Waals surface area contributed by atoms with Crippen LogP contribution < -0.4 is 4.74 Å². The number of hydrogen-bond donors (Lipinski definition) is 2. The number of aromatic nitrogens is 1. The summed E-state index contributed by atoms with van der Waals surface area (Å²) in [6, 6.07) is 7.01. The molecule has 2 N–H and O–H groups in total. The van der Waals surface area contributed by atoms with Gasteiger partial charge in [-0.25, -0.2) is 0 Å². The number of rotatable bonds is 7. The van der Waals surface area contributed by atoms with Gasteiger partial charge in [0.2, 0.25) is 0 Å². The number of Topliss-reactive ketones (excluding diaryl/α,β-unsaturated/α-hetero) is 1. The number of hydrogen-bond acceptors (Lipinski definition) is 7. The van der Waals surface area contributed by atoms with Crippen molar-refractivity contribution < 1.29 is 24.5 Å². The Labute approximate surface area is 175 Å². The van der Waals surface area contributed by atoms with Crippen molar-refractivity contribution in [3.05, 3.63) is 59.4 Å². The van der Waals surface area contributed by atoms with Gasteiger partial charge < -0.3 is 24.7 Å². The maximum absolute atomic E-state index is 12.9. The number of phenolic OH excluding ortho intramolecular Hbond substituents is 1. The highest BCUT2D eigenvalue weighted by molar-refractivity contribution is 6.46. The lowest BCUT2D eigenvalue weighted by atomic mass is 9.95. The van der Waals surface area contributed by atoms with Crippen LogP contribution in [0, 0.1) is 0 Å². The molecule has 0 saturated carbocycles. The van der Waals surface area contributed by atoms with E-state index in [0.29, 0.717) is 24.1 Å². The highest BCUT2D eigenvalue weighted by Crippen LogP contribution is 2.41. The molecule has 158 valence electrons. The van der Waals surface area contributed by atoms with Gasteiger partial charge in [-0.3, -0.25) is 14.6 Å². The molecule has 1 unspecified atom stereocenters. The molecule has 0 spiro atoms. The molecule has 1 fully saturated rings. The highest BCUT2D eigenvalue weighted by atomic mass is 16.5. The Morgan fingerprint density at radius 1 is 1.20 bits per heavy atom. The number of likely N-dealkylation sites (tertiary alicyclic amines) is 1. The lowest BCUT2D eigenvalue weighted by Crippen LogP contribution is -2.32. The first kappa shape index (κ1) is 21.3. The maximum Gasteiger partial charge on any atom is 0.295 e. The monoisotopic (exact) mass is 411 g/mol. The van der Waals surface area contributed by atoms with Crippen molar-refractivity contribution in [3.8, 4) is 11.5 Å². The number of benzene rings is 1. The number of aliphatic hydroxyl groups is 1. The Balaban J connectivity index is 2.11. The fourth-order valence-electron chi connectivity index (χ4n) is 3.56. The number of ether oxygens (including phenoxy) is 1. The number of aromatic hydroxyl groups is 1. The fraction of sp³-hybridized carbons (Fsp3) is 0.318. The Hall–Kier alpha value is -3.39. The van der Waals surface area contributed by atoms with Gasteiger partial charge in [0.15, 0.2) is 11.5 Å². The molecule has 1 atom stereocenters. The van der Waals surface area contributed by atoms with Crippen LogP contribution >= 0.6 is 0 Å². The first-order chi connectivity index (χ1) is 14.3. The molecular weight excluding hydrogens is 386 g/mol. The molecule has 0 aliphatic carbocycles. The van der Waals surface area contributed by atoms with Gasteiger partial charge >= 0.3 is 0 Å². The summed E-state index contributed by atoms with van der Waals surface area (Å²) in [6.07, 6.45) is 3.64. The lowest BCUT2D eigenvalue weighted by Gasteiger charge is -2.26. The SMILES string of the molecule is COc1ccc(C2/C(=C(/O)c3ccncc3)C(=O)C(=O)N2CCCN(C)C)cc1O. The summed E-state index contributed by atoms with van der Waals surface area (Å²) in [5, 5.41) is 21.2. The number of carbonyl (C=O) groups is 2. The minimum absolute atomic E-state index is 0.0133. The van der Waals surface area contributed by atoms with Crippen LogP contribution in [0.2, 0.25) is 0 Å². The summed E-state index contributed by atoms with van der Waals surface area (Å²) < 4.78 is 5.10. The summed E-state index contributed by atoms with van der Waals surface area (Å²) in [6.45, 7) is 1.06. The van der Waals surface area contributed by atoms with Crippen LogP contribution in [0.25, 0.3) is 5.76 Å². The first-order valence-electron chi connectivity index (χ1n) is 9.55. The first-order valence-corrected chi connectivity index (χ1v) is 9.55. The fourth-order valence-corrected chi connectivity index (χ4v) is 3.56. The standard InChI is InChI=1S/C22H25N3O5/c1-24(2)11-4-12-25-19(15-5-6-17(30-3)16(26)13-15)18(21(28)22(25)29)20(27)14-7-9-23-10-8-14/h5-10,13,19,26-27H,4,11-12H2,1-3H3/b20-18-. The van der Waals surface area contributed by atoms with Gasteiger partial charge in [0.25, 0.3) is 11.7 Å². The molecule has 1 amide bonds. The second-order valence-electron chi connectivity index (χ2n) is 7.32. The van der Waals surface area contributed by atoms with Crippen molar-refractivity contribution in [1.82, 2.24) is 14.8 Å². The van der Waals surface area contributed by atoms with Crippen LogP contribution in [-0.2, 0) is 9.59 Å². The average Bonchev–Trinajstić information content (AvgIpc) is 2.98. The molecule has 0 radical (unpaired) electrons. The van der Waals surface area contributed by atoms with Gasteiger partial charge in [-0.2, -0.15) is 0 Å². The van der Waals surface area contributed by atoms with E-state index in [9.17, 15) is 19.8 Å². The second-order valence-corrected chi connectivity index (χ2v) is 7.32. The Kier molecular flexibility index (Phi) is 6.37. The molecule has 1 aliphatic heterocycles. The van der Waals surface area contributed by atoms with Crippen LogP contribution in [0.15, 0.2) is 48.3 Å². The predicted molar refractivity (Wildman–Crippen MR) is 111 cm³/mol. The van der Waals surface area contributed by atoms with E-state index in [4.69, 9.17) is 4.74 Å². The summed E-state index contributed by atoms with van der Waals surface area (Å²) >= 11 is 0. The number of nitrogens with zero attached hydrogens (tertiary/aromatic N) is 3. The third-order valence-electron chi connectivity index (χ3n) is 5.02. The zero-order valence-corrected chi connectivity index (χ0v) is 17.2. The highest BCUT2D eigenvalue weighted by Gasteiger charge is 2.46. The van der Waals surface area contributed by atoms with Gasteiger partial charge in [0.1, 0.15) is 5.76 Å². The minimum atomic E-state index is -0.822. The van der Waals surface area contributed by atoms with Crippen molar-refractivity contribution in [3.63, 3.8) is 0 Å². The van der Waals surface area contributed by atoms with Crippen molar-refractivity contribution in [2.45, 2.75) is 12.5 Å². The van der Waals surface area contributed by atoms with Crippen LogP contribution in [0.4, 0.5) is 0 Å². The van der Waals surface area contributed by atoms with E-state index in [0.717, 1.165) is 6.54 Å². The Morgan fingerprint density at radius 3 is 2.50 bits per heavy atom. The number of carbonyl (C=O) groups excluding carboxylic acids is 2. The maximum atomic E-state index is 12.9. The van der Waals surface area contributed by atoms with Crippen LogP contribution in [-0.4, -0.2) is 71.0 Å². The van der Waals surface area contributed by atoms with E-state index in [1.807, 2.05) is 19.0 Å². The van der Waals surface area contributed by atoms with E-state index in [1.54, 1.807) is 24.3 Å². The number of aliphatic hydroxyl groups excluding tert-OH is 1. The second kappa shape index (κ2) is 8.96. The third-order valence-corrected chi connectivity index (χ3v) is 5.02. The average molecular weight is 411 g/mol. The summed E-state index contributed by atoms with van der Waals surface area (Å²) in [5.74, 6) is -1.54. The summed E-state index contributed by atoms with van der Waals surface area (Å²) in [4.78, 5) is 33.1. The van der Waals surface area contributed by atoms with E-state index < -0.39 is 17.7 Å². The molecule has 30 heavy (non-hydrogen) atoms. The molecule has 2 heterocycles. The number of amides is 1. The Bertz CT molecular complexity index is 972. The molecule has 1 saturated heterocycles. The molecule has 3 rings (SSSR count). The van der Waals surface area contributed by atoms with E-state index in [-0.39, 0.29) is 22.8 Å². The van der Waals surface area contributed by atoms with E-state index >= 15 is 0 Å². The smallest absolute Gasteiger partial charge is 0.295 e. The Morgan fingerprint density at radius 2 is 1.90 bits per heavy atom. The van der Waals surface area contributed by atoms with Gasteiger partial charge in [-0.15, -0.1) is 0 Å². The molecular formula is C22H25N3O5. The zero-order chi connectivity index (χ0) is 21.8. The molecule has 1 aliphatic rings. The molecule has 8 heteroatoms. The van der Waals surface area contributed by atoms with Gasteiger partial charge in [0, 0.05) is 24.5 Å². The molecule has 0 bridgehead atoms. The van der Waals surface area contributed by atoms with Crippen molar-refractivity contribution in [2.24, 2.45) is 0 Å². The van der Waals surface area contributed by atoms with E-state index in [1.165, 1.54) is 30.5 Å². The van der Waals surface area contributed by atoms with Crippen LogP contribution in [0.3, 0.4) is 0 Å². The van der Waals surface area contributed by atoms with Crippen molar-refractivity contribution in [2.75, 3.05) is 34.3 Å². The van der Waals surface area contributed by atoms with E-state index in [2.05, 4.69) is 4.98 Å².